The molecular formula is C49H28N4O2. The fraction of sp³-hybridized carbons (Fsp3) is 0. The van der Waals surface area contributed by atoms with Crippen LogP contribution in [0.15, 0.2) is 179 Å². The third-order valence-electron chi connectivity index (χ3n) is 10.8. The Balaban J connectivity index is 1.24. The first-order valence-electron chi connectivity index (χ1n) is 18.4. The van der Waals surface area contributed by atoms with Crippen LogP contribution in [-0.4, -0.2) is 19.5 Å². The van der Waals surface area contributed by atoms with Crippen molar-refractivity contribution in [1.29, 1.82) is 0 Å². The molecule has 0 aliphatic carbocycles. The molecule has 0 fully saturated rings. The molecule has 0 unspecified atom stereocenters. The Bertz CT molecular complexity index is 3500. The Hall–Kier alpha value is -7.57. The van der Waals surface area contributed by atoms with Gasteiger partial charge in [0.1, 0.15) is 22.3 Å². The van der Waals surface area contributed by atoms with Crippen molar-refractivity contribution in [3.05, 3.63) is 170 Å². The van der Waals surface area contributed by atoms with Crippen LogP contribution in [0.5, 0.6) is 0 Å². The SMILES string of the molecule is c1ccc(-c2nc(-c3cccc4c3oc3ccccc34)nc(-c3c(-n4c5ccccc5c5cc6ccccc6cc54)ccc4oc5ccccc5c34)n2)cc1. The van der Waals surface area contributed by atoms with Crippen molar-refractivity contribution in [3.8, 4) is 39.9 Å². The second kappa shape index (κ2) is 11.5. The minimum atomic E-state index is 0.525. The number of para-hydroxylation sites is 4. The van der Waals surface area contributed by atoms with Crippen molar-refractivity contribution >= 4 is 76.5 Å². The number of hydrogen-bond donors (Lipinski definition) is 0. The summed E-state index contributed by atoms with van der Waals surface area (Å²) in [5.41, 5.74) is 8.78. The second-order valence-electron chi connectivity index (χ2n) is 14.0. The number of fused-ring (bicyclic) bond motifs is 10. The maximum absolute atomic E-state index is 6.55. The summed E-state index contributed by atoms with van der Waals surface area (Å²) in [6.07, 6.45) is 0. The molecule has 6 nitrogen and oxygen atoms in total. The topological polar surface area (TPSA) is 69.9 Å². The Kier molecular flexibility index (Phi) is 6.24. The summed E-state index contributed by atoms with van der Waals surface area (Å²) in [7, 11) is 0. The predicted molar refractivity (Wildman–Crippen MR) is 223 cm³/mol. The Labute approximate surface area is 313 Å². The van der Waals surface area contributed by atoms with Crippen LogP contribution in [-0.2, 0) is 0 Å². The second-order valence-corrected chi connectivity index (χ2v) is 14.0. The number of nitrogens with zero attached hydrogens (tertiary/aromatic N) is 4. The Morgan fingerprint density at radius 3 is 1.91 bits per heavy atom. The summed E-state index contributed by atoms with van der Waals surface area (Å²) < 4.78 is 15.4. The van der Waals surface area contributed by atoms with Crippen molar-refractivity contribution in [3.63, 3.8) is 0 Å². The van der Waals surface area contributed by atoms with Gasteiger partial charge in [-0.05, 0) is 59.3 Å². The van der Waals surface area contributed by atoms with Gasteiger partial charge < -0.3 is 13.4 Å². The molecule has 0 N–H and O–H groups in total. The number of rotatable bonds is 4. The monoisotopic (exact) mass is 704 g/mol. The van der Waals surface area contributed by atoms with E-state index in [9.17, 15) is 0 Å². The van der Waals surface area contributed by atoms with E-state index < -0.39 is 0 Å². The molecule has 8 aromatic carbocycles. The van der Waals surface area contributed by atoms with Gasteiger partial charge in [-0.2, -0.15) is 0 Å². The lowest BCUT2D eigenvalue weighted by molar-refractivity contribution is 0.668. The summed E-state index contributed by atoms with van der Waals surface area (Å²) in [6, 6.07) is 58.5. The normalized spacial score (nSPS) is 12.0. The maximum Gasteiger partial charge on any atom is 0.167 e. The zero-order chi connectivity index (χ0) is 36.0. The summed E-state index contributed by atoms with van der Waals surface area (Å²) in [4.78, 5) is 15.9. The highest BCUT2D eigenvalue weighted by Crippen LogP contribution is 2.44. The highest BCUT2D eigenvalue weighted by Gasteiger charge is 2.25. The van der Waals surface area contributed by atoms with Crippen LogP contribution >= 0.6 is 0 Å². The number of hydrogen-bond acceptors (Lipinski definition) is 5. The minimum Gasteiger partial charge on any atom is -0.456 e. The van der Waals surface area contributed by atoms with Crippen molar-refractivity contribution in [2.45, 2.75) is 0 Å². The van der Waals surface area contributed by atoms with Crippen molar-refractivity contribution in [2.75, 3.05) is 0 Å². The maximum atomic E-state index is 6.55. The van der Waals surface area contributed by atoms with Gasteiger partial charge in [-0.15, -0.1) is 0 Å². The third kappa shape index (κ3) is 4.46. The summed E-state index contributed by atoms with van der Waals surface area (Å²) in [5.74, 6) is 1.63. The molecule has 4 heterocycles. The standard InChI is InChI=1S/C49H28N4O2/c1-2-13-29(14-3-1)47-50-48(36-21-12-20-34-33-18-7-10-23-41(33)55-46(34)36)52-49(51-47)45-39(25-26-43-44(45)35-19-8-11-24-42(35)54-43)53-38-22-9-6-17-32(38)37-27-30-15-4-5-16-31(30)28-40(37)53/h1-28H. The molecule has 0 saturated heterocycles. The van der Waals surface area contributed by atoms with Crippen LogP contribution in [0, 0.1) is 0 Å². The smallest absolute Gasteiger partial charge is 0.167 e. The zero-order valence-corrected chi connectivity index (χ0v) is 29.3. The molecule has 4 aromatic heterocycles. The average molecular weight is 705 g/mol. The van der Waals surface area contributed by atoms with Crippen LogP contribution in [0.25, 0.3) is 116 Å². The third-order valence-corrected chi connectivity index (χ3v) is 10.8. The number of furan rings is 2. The fourth-order valence-electron chi connectivity index (χ4n) is 8.38. The van der Waals surface area contributed by atoms with E-state index >= 15 is 0 Å². The van der Waals surface area contributed by atoms with Crippen molar-refractivity contribution in [2.24, 2.45) is 0 Å². The lowest BCUT2D eigenvalue weighted by Crippen LogP contribution is -2.04. The first-order valence-corrected chi connectivity index (χ1v) is 18.4. The van der Waals surface area contributed by atoms with Gasteiger partial charge in [0, 0.05) is 37.9 Å². The minimum absolute atomic E-state index is 0.525. The number of aromatic nitrogens is 4. The van der Waals surface area contributed by atoms with Gasteiger partial charge in [0.25, 0.3) is 0 Å². The molecule has 0 aliphatic rings. The molecule has 0 spiro atoms. The van der Waals surface area contributed by atoms with Gasteiger partial charge in [-0.25, -0.2) is 15.0 Å². The van der Waals surface area contributed by atoms with Gasteiger partial charge in [-0.1, -0.05) is 121 Å². The van der Waals surface area contributed by atoms with Crippen molar-refractivity contribution in [1.82, 2.24) is 19.5 Å². The quantitative estimate of drug-likeness (QED) is 0.182. The Morgan fingerprint density at radius 2 is 1.05 bits per heavy atom. The molecule has 256 valence electrons. The first kappa shape index (κ1) is 29.9. The van der Waals surface area contributed by atoms with E-state index in [-0.39, 0.29) is 0 Å². The zero-order valence-electron chi connectivity index (χ0n) is 29.3. The van der Waals surface area contributed by atoms with E-state index in [1.807, 2.05) is 72.8 Å². The van der Waals surface area contributed by atoms with Crippen molar-refractivity contribution < 1.29 is 8.83 Å². The van der Waals surface area contributed by atoms with E-state index in [1.54, 1.807) is 0 Å². The molecule has 0 amide bonds. The summed E-state index contributed by atoms with van der Waals surface area (Å²) >= 11 is 0. The van der Waals surface area contributed by atoms with Crippen LogP contribution in [0.3, 0.4) is 0 Å². The largest absolute Gasteiger partial charge is 0.456 e. The number of benzene rings is 8. The Morgan fingerprint density at radius 1 is 0.400 bits per heavy atom. The molecule has 12 rings (SSSR count). The summed E-state index contributed by atoms with van der Waals surface area (Å²) in [6.45, 7) is 0. The summed E-state index contributed by atoms with van der Waals surface area (Å²) in [5, 5.41) is 8.71. The van der Waals surface area contributed by atoms with E-state index in [4.69, 9.17) is 23.8 Å². The predicted octanol–water partition coefficient (Wildman–Crippen LogP) is 12.9. The van der Waals surface area contributed by atoms with Crippen LogP contribution in [0.2, 0.25) is 0 Å². The fourth-order valence-corrected chi connectivity index (χ4v) is 8.38. The van der Waals surface area contributed by atoms with Gasteiger partial charge in [0.05, 0.1) is 27.8 Å². The molecule has 0 bridgehead atoms. The molecule has 12 aromatic rings. The van der Waals surface area contributed by atoms with E-state index in [2.05, 4.69) is 102 Å². The van der Waals surface area contributed by atoms with Gasteiger partial charge >= 0.3 is 0 Å². The molecule has 55 heavy (non-hydrogen) atoms. The molecular weight excluding hydrogens is 677 g/mol. The van der Waals surface area contributed by atoms with Crippen LogP contribution in [0.4, 0.5) is 0 Å². The lowest BCUT2D eigenvalue weighted by Gasteiger charge is -2.16. The highest BCUT2D eigenvalue weighted by atomic mass is 16.3. The van der Waals surface area contributed by atoms with E-state index in [0.29, 0.717) is 17.5 Å². The molecule has 6 heteroatoms. The van der Waals surface area contributed by atoms with Crippen LogP contribution < -0.4 is 0 Å². The van der Waals surface area contributed by atoms with Gasteiger partial charge in [0.2, 0.25) is 0 Å². The van der Waals surface area contributed by atoms with Gasteiger partial charge in [-0.3, -0.25) is 0 Å². The van der Waals surface area contributed by atoms with Crippen LogP contribution in [0.1, 0.15) is 0 Å². The molecule has 0 atom stereocenters. The average Bonchev–Trinajstić information content (AvgIpc) is 3.92. The van der Waals surface area contributed by atoms with Gasteiger partial charge in [0.15, 0.2) is 17.5 Å². The highest BCUT2D eigenvalue weighted by molar-refractivity contribution is 6.17. The molecule has 0 aliphatic heterocycles. The van der Waals surface area contributed by atoms with E-state index in [0.717, 1.165) is 77.3 Å². The molecule has 0 saturated carbocycles. The van der Waals surface area contributed by atoms with E-state index in [1.165, 1.54) is 21.5 Å². The lowest BCUT2D eigenvalue weighted by atomic mass is 10.0. The molecule has 0 radical (unpaired) electrons. The first-order chi connectivity index (χ1) is 27.3.